The van der Waals surface area contributed by atoms with Crippen molar-refractivity contribution >= 4 is 5.97 Å². The van der Waals surface area contributed by atoms with Gasteiger partial charge in [-0.25, -0.2) is 0 Å². The van der Waals surface area contributed by atoms with Crippen molar-refractivity contribution in [1.82, 2.24) is 0 Å². The summed E-state index contributed by atoms with van der Waals surface area (Å²) in [4.78, 5) is 12.5. The van der Waals surface area contributed by atoms with Gasteiger partial charge in [-0.1, -0.05) is 96.8 Å². The number of unbranched alkanes of at least 4 members (excludes halogenated alkanes) is 14. The minimum atomic E-state index is -2.19. The van der Waals surface area contributed by atoms with Crippen LogP contribution in [-0.2, 0) is 23.7 Å². The molecule has 0 bridgehead atoms. The number of ether oxygens (including phenoxy) is 4. The van der Waals surface area contributed by atoms with E-state index in [4.69, 9.17) is 18.9 Å². The number of hydrogen-bond donors (Lipinski definition) is 7. The van der Waals surface area contributed by atoms with Gasteiger partial charge in [-0.3, -0.25) is 4.79 Å². The topological polar surface area (TPSA) is 196 Å². The Morgan fingerprint density at radius 2 is 1.21 bits per heavy atom. The minimum Gasteiger partial charge on any atom is -0.427 e. The largest absolute Gasteiger partial charge is 0.427 e. The molecule has 2 heterocycles. The van der Waals surface area contributed by atoms with Crippen molar-refractivity contribution in [3.8, 4) is 0 Å². The first kappa shape index (κ1) is 37.3. The highest BCUT2D eigenvalue weighted by molar-refractivity contribution is 5.69. The van der Waals surface area contributed by atoms with E-state index in [0.717, 1.165) is 19.3 Å². The van der Waals surface area contributed by atoms with Crippen LogP contribution in [0.2, 0.25) is 0 Å². The first-order chi connectivity index (χ1) is 20.2. The Kier molecular flexibility index (Phi) is 17.9. The Balaban J connectivity index is 1.62. The molecular weight excluding hydrogens is 552 g/mol. The number of carbonyl (C=O) groups is 1. The molecule has 2 aliphatic heterocycles. The second kappa shape index (κ2) is 20.2. The number of aliphatic hydroxyl groups excluding tert-OH is 7. The van der Waals surface area contributed by atoms with Crippen LogP contribution in [0.3, 0.4) is 0 Å². The first-order valence-corrected chi connectivity index (χ1v) is 16.0. The van der Waals surface area contributed by atoms with Crippen LogP contribution in [0.1, 0.15) is 110 Å². The van der Waals surface area contributed by atoms with Gasteiger partial charge in [0.05, 0.1) is 13.2 Å². The van der Waals surface area contributed by atoms with Gasteiger partial charge in [0.2, 0.25) is 0 Å². The molecule has 9 atom stereocenters. The summed E-state index contributed by atoms with van der Waals surface area (Å²) in [5, 5.41) is 70.1. The summed E-state index contributed by atoms with van der Waals surface area (Å²) in [7, 11) is 0. The molecule has 2 fully saturated rings. The Morgan fingerprint density at radius 3 is 1.71 bits per heavy atom. The number of rotatable bonds is 22. The lowest BCUT2D eigenvalue weighted by molar-refractivity contribution is -0.311. The maximum absolute atomic E-state index is 12.5. The fourth-order valence-electron chi connectivity index (χ4n) is 5.52. The molecule has 7 N–H and O–H groups in total. The number of carbonyl (C=O) groups excluding carboxylic acids is 1. The van der Waals surface area contributed by atoms with Crippen LogP contribution in [0.4, 0.5) is 0 Å². The van der Waals surface area contributed by atoms with Crippen molar-refractivity contribution in [2.45, 2.75) is 164 Å². The molecule has 0 spiro atoms. The highest BCUT2D eigenvalue weighted by Crippen LogP contribution is 2.34. The Labute approximate surface area is 249 Å². The lowest BCUT2D eigenvalue weighted by Crippen LogP contribution is -2.59. The maximum Gasteiger partial charge on any atom is 0.308 e. The van der Waals surface area contributed by atoms with E-state index in [0.29, 0.717) is 6.42 Å². The zero-order chi connectivity index (χ0) is 31.0. The first-order valence-electron chi connectivity index (χ1n) is 16.0. The van der Waals surface area contributed by atoms with E-state index in [1.807, 2.05) is 0 Å². The molecule has 2 saturated heterocycles. The van der Waals surface area contributed by atoms with Gasteiger partial charge in [0.15, 0.2) is 12.4 Å². The van der Waals surface area contributed by atoms with Crippen LogP contribution in [-0.4, -0.2) is 116 Å². The molecule has 12 heteroatoms. The van der Waals surface area contributed by atoms with Gasteiger partial charge in [0, 0.05) is 6.42 Å². The molecule has 0 aromatic carbocycles. The van der Waals surface area contributed by atoms with Gasteiger partial charge in [0.1, 0.15) is 43.2 Å². The lowest BCUT2D eigenvalue weighted by atomic mass is 9.99. The molecule has 42 heavy (non-hydrogen) atoms. The van der Waals surface area contributed by atoms with Gasteiger partial charge in [-0.2, -0.15) is 0 Å². The fourth-order valence-corrected chi connectivity index (χ4v) is 5.52. The number of esters is 1. The predicted molar refractivity (Wildman–Crippen MR) is 152 cm³/mol. The third kappa shape index (κ3) is 11.5. The predicted octanol–water partition coefficient (Wildman–Crippen LogP) is 1.42. The second-order valence-electron chi connectivity index (χ2n) is 11.8. The Bertz CT molecular complexity index is 724. The number of hydrogen-bond acceptors (Lipinski definition) is 12. The van der Waals surface area contributed by atoms with Crippen LogP contribution < -0.4 is 0 Å². The highest BCUT2D eigenvalue weighted by atomic mass is 16.8. The molecule has 2 rings (SSSR count). The van der Waals surface area contributed by atoms with E-state index in [9.17, 15) is 40.5 Å². The third-order valence-electron chi connectivity index (χ3n) is 8.27. The van der Waals surface area contributed by atoms with E-state index in [1.54, 1.807) is 0 Å². The summed E-state index contributed by atoms with van der Waals surface area (Å²) in [6.45, 7) is 0.197. The van der Waals surface area contributed by atoms with Crippen LogP contribution >= 0.6 is 0 Å². The van der Waals surface area contributed by atoms with Crippen molar-refractivity contribution in [3.63, 3.8) is 0 Å². The summed E-state index contributed by atoms with van der Waals surface area (Å²) >= 11 is 0. The zero-order valence-electron chi connectivity index (χ0n) is 25.2. The highest BCUT2D eigenvalue weighted by Gasteiger charge is 2.57. The van der Waals surface area contributed by atoms with Crippen molar-refractivity contribution in [3.05, 3.63) is 0 Å². The Hall–Kier alpha value is -0.930. The second-order valence-corrected chi connectivity index (χ2v) is 11.8. The zero-order valence-corrected chi connectivity index (χ0v) is 25.2. The van der Waals surface area contributed by atoms with Gasteiger partial charge in [0.25, 0.3) is 5.79 Å². The monoisotopic (exact) mass is 608 g/mol. The molecular formula is C30H56O12. The van der Waals surface area contributed by atoms with Crippen LogP contribution in [0.25, 0.3) is 0 Å². The molecule has 0 aromatic rings. The summed E-state index contributed by atoms with van der Waals surface area (Å²) < 4.78 is 21.5. The minimum absolute atomic E-state index is 0.0677. The van der Waals surface area contributed by atoms with Gasteiger partial charge in [-0.05, 0) is 6.42 Å². The van der Waals surface area contributed by atoms with Crippen molar-refractivity contribution in [2.24, 2.45) is 0 Å². The standard InChI is InChI=1S/C30H56O12/c1-2-3-4-5-6-7-8-9-10-11-12-13-14-15-16-17-23(33)42-30(20-32)28(38)25(35)22(41-30)19-39-29-27(37)26(36)24(34)21(18-31)40-29/h21-22,24-29,31-32,34-38H,2-20H2,1H3/t21-,22-,24-,25-,26+,27-,28+,29+,30+/m1/s1. The summed E-state index contributed by atoms with van der Waals surface area (Å²) in [6.07, 6.45) is 5.77. The SMILES string of the molecule is CCCCCCCCCCCCCCCCCC(=O)O[C@]1(CO)O[C@H](CO[C@H]2O[C@H](CO)[C@@H](O)[C@H](O)[C@H]2O)[C@@H](O)[C@@H]1O. The van der Waals surface area contributed by atoms with Crippen molar-refractivity contribution in [1.29, 1.82) is 0 Å². The van der Waals surface area contributed by atoms with E-state index in [-0.39, 0.29) is 6.42 Å². The quantitative estimate of drug-likeness (QED) is 0.0691. The van der Waals surface area contributed by atoms with Crippen LogP contribution in [0.15, 0.2) is 0 Å². The van der Waals surface area contributed by atoms with E-state index >= 15 is 0 Å². The van der Waals surface area contributed by atoms with E-state index < -0.39 is 80.6 Å². The Morgan fingerprint density at radius 1 is 0.690 bits per heavy atom. The molecule has 12 nitrogen and oxygen atoms in total. The molecule has 0 amide bonds. The molecule has 248 valence electrons. The van der Waals surface area contributed by atoms with Crippen molar-refractivity contribution in [2.75, 3.05) is 19.8 Å². The van der Waals surface area contributed by atoms with Gasteiger partial charge >= 0.3 is 5.97 Å². The van der Waals surface area contributed by atoms with Crippen LogP contribution in [0.5, 0.6) is 0 Å². The summed E-state index contributed by atoms with van der Waals surface area (Å²) in [5.41, 5.74) is 0. The molecule has 0 unspecified atom stereocenters. The smallest absolute Gasteiger partial charge is 0.308 e. The van der Waals surface area contributed by atoms with E-state index in [1.165, 1.54) is 70.6 Å². The van der Waals surface area contributed by atoms with Crippen molar-refractivity contribution < 1.29 is 59.5 Å². The summed E-state index contributed by atoms with van der Waals surface area (Å²) in [5.74, 6) is -2.87. The van der Waals surface area contributed by atoms with Gasteiger partial charge in [-0.15, -0.1) is 0 Å². The van der Waals surface area contributed by atoms with E-state index in [2.05, 4.69) is 6.92 Å². The average molecular weight is 609 g/mol. The molecule has 2 aliphatic rings. The maximum atomic E-state index is 12.5. The third-order valence-corrected chi connectivity index (χ3v) is 8.27. The molecule has 0 saturated carbocycles. The fraction of sp³-hybridized carbons (Fsp3) is 0.967. The lowest BCUT2D eigenvalue weighted by Gasteiger charge is -2.39. The average Bonchev–Trinajstić information content (AvgIpc) is 3.22. The van der Waals surface area contributed by atoms with Gasteiger partial charge < -0.3 is 54.7 Å². The molecule has 0 aliphatic carbocycles. The molecule has 0 aromatic heterocycles. The molecule has 0 radical (unpaired) electrons. The van der Waals surface area contributed by atoms with Crippen LogP contribution in [0, 0.1) is 0 Å². The normalized spacial score (nSPS) is 33.2. The summed E-state index contributed by atoms with van der Waals surface area (Å²) in [6, 6.07) is 0. The number of aliphatic hydroxyl groups is 7.